The van der Waals surface area contributed by atoms with Crippen LogP contribution >= 0.6 is 11.6 Å². The molecule has 0 aliphatic heterocycles. The minimum absolute atomic E-state index is 0.0724. The Balaban J connectivity index is 2.04. The molecular formula is C14H8ClF3N4. The molecule has 112 valence electrons. The van der Waals surface area contributed by atoms with Crippen molar-refractivity contribution in [3.63, 3.8) is 0 Å². The molecule has 0 aromatic carbocycles. The molecule has 0 radical (unpaired) electrons. The highest BCUT2D eigenvalue weighted by atomic mass is 35.5. The van der Waals surface area contributed by atoms with Crippen LogP contribution < -0.4 is 0 Å². The summed E-state index contributed by atoms with van der Waals surface area (Å²) >= 11 is 6.03. The van der Waals surface area contributed by atoms with Gasteiger partial charge in [-0.05, 0) is 12.1 Å². The Kier molecular flexibility index (Phi) is 3.81. The zero-order valence-corrected chi connectivity index (χ0v) is 11.7. The summed E-state index contributed by atoms with van der Waals surface area (Å²) in [5.74, 6) is -0.525. The summed E-state index contributed by atoms with van der Waals surface area (Å²) in [4.78, 5) is 7.57. The maximum Gasteiger partial charge on any atom is 0.280 e. The Morgan fingerprint density at radius 3 is 2.73 bits per heavy atom. The second-order valence-corrected chi connectivity index (χ2v) is 4.75. The van der Waals surface area contributed by atoms with E-state index in [4.69, 9.17) is 11.6 Å². The fourth-order valence-corrected chi connectivity index (χ4v) is 2.13. The molecule has 0 unspecified atom stereocenters. The quantitative estimate of drug-likeness (QED) is 0.729. The van der Waals surface area contributed by atoms with Crippen molar-refractivity contribution >= 4 is 11.6 Å². The highest BCUT2D eigenvalue weighted by Crippen LogP contribution is 2.28. The molecule has 0 bridgehead atoms. The highest BCUT2D eigenvalue weighted by molar-refractivity contribution is 6.32. The number of alkyl halides is 2. The average molecular weight is 325 g/mol. The zero-order chi connectivity index (χ0) is 15.7. The van der Waals surface area contributed by atoms with Crippen molar-refractivity contribution in [2.45, 2.75) is 6.43 Å². The molecule has 0 aliphatic rings. The van der Waals surface area contributed by atoms with Crippen molar-refractivity contribution in [2.24, 2.45) is 0 Å². The molecule has 3 aromatic heterocycles. The topological polar surface area (TPSA) is 43.6 Å². The summed E-state index contributed by atoms with van der Waals surface area (Å²) in [5.41, 5.74) is 0.638. The van der Waals surface area contributed by atoms with Gasteiger partial charge in [-0.15, -0.1) is 0 Å². The summed E-state index contributed by atoms with van der Waals surface area (Å²) in [6, 6.07) is 5.45. The lowest BCUT2D eigenvalue weighted by molar-refractivity contribution is 0.146. The molecular weight excluding hydrogens is 317 g/mol. The first-order valence-electron chi connectivity index (χ1n) is 6.16. The summed E-state index contributed by atoms with van der Waals surface area (Å²) in [6.07, 6.45) is 1.26. The first-order chi connectivity index (χ1) is 10.5. The Labute approximate surface area is 128 Å². The summed E-state index contributed by atoms with van der Waals surface area (Å²) in [6.45, 7) is 0. The number of rotatable bonds is 3. The largest absolute Gasteiger partial charge is 0.280 e. The number of halogens is 4. The van der Waals surface area contributed by atoms with E-state index < -0.39 is 12.2 Å². The van der Waals surface area contributed by atoms with E-state index in [1.807, 2.05) is 0 Å². The van der Waals surface area contributed by atoms with Gasteiger partial charge in [0.15, 0.2) is 5.15 Å². The normalized spacial score (nSPS) is 11.1. The third-order valence-electron chi connectivity index (χ3n) is 2.89. The van der Waals surface area contributed by atoms with E-state index in [1.165, 1.54) is 35.3 Å². The van der Waals surface area contributed by atoms with Gasteiger partial charge in [-0.2, -0.15) is 5.10 Å². The monoisotopic (exact) mass is 324 g/mol. The van der Waals surface area contributed by atoms with Crippen molar-refractivity contribution in [1.29, 1.82) is 0 Å². The first-order valence-corrected chi connectivity index (χ1v) is 6.54. The van der Waals surface area contributed by atoms with Crippen molar-refractivity contribution in [3.05, 3.63) is 59.5 Å². The maximum atomic E-state index is 13.2. The predicted molar refractivity (Wildman–Crippen MR) is 74.5 cm³/mol. The van der Waals surface area contributed by atoms with Gasteiger partial charge >= 0.3 is 0 Å². The van der Waals surface area contributed by atoms with Crippen molar-refractivity contribution < 1.29 is 13.2 Å². The van der Waals surface area contributed by atoms with Crippen LogP contribution in [-0.4, -0.2) is 19.7 Å². The summed E-state index contributed by atoms with van der Waals surface area (Å²) < 4.78 is 39.9. The lowest BCUT2D eigenvalue weighted by Crippen LogP contribution is -1.96. The van der Waals surface area contributed by atoms with Crippen LogP contribution in [0.4, 0.5) is 13.2 Å². The number of pyridine rings is 2. The number of aromatic nitrogens is 4. The number of hydrogen-bond acceptors (Lipinski definition) is 3. The molecule has 8 heteroatoms. The lowest BCUT2D eigenvalue weighted by atomic mass is 10.2. The van der Waals surface area contributed by atoms with Crippen molar-refractivity contribution in [3.8, 4) is 16.9 Å². The number of hydrogen-bond donors (Lipinski definition) is 0. The Bertz CT molecular complexity index is 819. The van der Waals surface area contributed by atoms with Gasteiger partial charge in [-0.3, -0.25) is 4.98 Å². The van der Waals surface area contributed by atoms with Gasteiger partial charge in [-0.25, -0.2) is 22.8 Å². The minimum atomic E-state index is -2.68. The molecule has 3 heterocycles. The van der Waals surface area contributed by atoms with Crippen LogP contribution in [0.1, 0.15) is 12.1 Å². The van der Waals surface area contributed by atoms with E-state index in [-0.39, 0.29) is 16.5 Å². The Morgan fingerprint density at radius 1 is 1.18 bits per heavy atom. The molecule has 0 N–H and O–H groups in total. The van der Waals surface area contributed by atoms with Gasteiger partial charge in [0.1, 0.15) is 11.5 Å². The van der Waals surface area contributed by atoms with Crippen LogP contribution in [0.25, 0.3) is 16.9 Å². The standard InChI is InChI=1S/C14H8ClF3N4/c15-13-10(11-2-1-3-12(20-11)14(17)18)7-22(21-13)9-4-8(16)5-19-6-9/h1-7,14H. The molecule has 0 atom stereocenters. The van der Waals surface area contributed by atoms with Gasteiger partial charge in [0.2, 0.25) is 0 Å². The molecule has 0 saturated heterocycles. The van der Waals surface area contributed by atoms with E-state index in [2.05, 4.69) is 15.1 Å². The third kappa shape index (κ3) is 2.80. The van der Waals surface area contributed by atoms with Crippen LogP contribution in [0.3, 0.4) is 0 Å². The minimum Gasteiger partial charge on any atom is -0.259 e. The van der Waals surface area contributed by atoms with Crippen molar-refractivity contribution in [1.82, 2.24) is 19.7 Å². The van der Waals surface area contributed by atoms with Crippen LogP contribution in [0.2, 0.25) is 5.15 Å². The van der Waals surface area contributed by atoms with Gasteiger partial charge in [0, 0.05) is 12.3 Å². The van der Waals surface area contributed by atoms with Crippen molar-refractivity contribution in [2.75, 3.05) is 0 Å². The van der Waals surface area contributed by atoms with Crippen LogP contribution in [0.5, 0.6) is 0 Å². The molecule has 0 fully saturated rings. The van der Waals surface area contributed by atoms with Crippen LogP contribution in [-0.2, 0) is 0 Å². The van der Waals surface area contributed by atoms with E-state index in [0.717, 1.165) is 6.20 Å². The Hall–Kier alpha value is -2.41. The fraction of sp³-hybridized carbons (Fsp3) is 0.0714. The molecule has 3 aromatic rings. The molecule has 0 spiro atoms. The average Bonchev–Trinajstić information content (AvgIpc) is 2.89. The summed E-state index contributed by atoms with van der Waals surface area (Å²) in [5, 5.41) is 4.09. The van der Waals surface area contributed by atoms with Gasteiger partial charge in [0.05, 0.1) is 29.3 Å². The molecule has 3 rings (SSSR count). The van der Waals surface area contributed by atoms with E-state index in [9.17, 15) is 13.2 Å². The SMILES string of the molecule is Fc1cncc(-n2cc(-c3cccc(C(F)F)n3)c(Cl)n2)c1. The first kappa shape index (κ1) is 14.5. The van der Waals surface area contributed by atoms with E-state index in [0.29, 0.717) is 11.3 Å². The second-order valence-electron chi connectivity index (χ2n) is 4.39. The van der Waals surface area contributed by atoms with E-state index >= 15 is 0 Å². The fourth-order valence-electron chi connectivity index (χ4n) is 1.91. The summed E-state index contributed by atoms with van der Waals surface area (Å²) in [7, 11) is 0. The lowest BCUT2D eigenvalue weighted by Gasteiger charge is -2.02. The van der Waals surface area contributed by atoms with Crippen LogP contribution in [0, 0.1) is 5.82 Å². The van der Waals surface area contributed by atoms with Gasteiger partial charge in [0.25, 0.3) is 6.43 Å². The van der Waals surface area contributed by atoms with Crippen LogP contribution in [0.15, 0.2) is 42.9 Å². The highest BCUT2D eigenvalue weighted by Gasteiger charge is 2.15. The van der Waals surface area contributed by atoms with E-state index in [1.54, 1.807) is 6.07 Å². The molecule has 0 amide bonds. The molecule has 0 aliphatic carbocycles. The number of nitrogens with zero attached hydrogens (tertiary/aromatic N) is 4. The Morgan fingerprint density at radius 2 is 2.00 bits per heavy atom. The molecule has 0 saturated carbocycles. The zero-order valence-electron chi connectivity index (χ0n) is 10.9. The predicted octanol–water partition coefficient (Wildman–Crippen LogP) is 4.06. The second kappa shape index (κ2) is 5.76. The maximum absolute atomic E-state index is 13.2. The van der Waals surface area contributed by atoms with Gasteiger partial charge < -0.3 is 0 Å². The molecule has 4 nitrogen and oxygen atoms in total. The smallest absolute Gasteiger partial charge is 0.259 e. The van der Waals surface area contributed by atoms with Gasteiger partial charge in [-0.1, -0.05) is 17.7 Å². The molecule has 22 heavy (non-hydrogen) atoms. The third-order valence-corrected chi connectivity index (χ3v) is 3.17.